The molecular formula is C32H40Br2N2O2. The molecule has 38 heavy (non-hydrogen) atoms. The molecule has 4 rings (SSSR count). The van der Waals surface area contributed by atoms with Crippen molar-refractivity contribution in [2.24, 2.45) is 0 Å². The van der Waals surface area contributed by atoms with Crippen LogP contribution < -0.4 is 9.80 Å². The third-order valence-electron chi connectivity index (χ3n) is 7.66. The summed E-state index contributed by atoms with van der Waals surface area (Å²) in [5.74, 6) is -0.0803. The minimum absolute atomic E-state index is 0.0401. The van der Waals surface area contributed by atoms with Crippen molar-refractivity contribution < 1.29 is 9.59 Å². The second kappa shape index (κ2) is 13.9. The average molecular weight is 644 g/mol. The third-order valence-corrected chi connectivity index (χ3v) is 8.64. The largest absolute Gasteiger partial charge is 0.336 e. The van der Waals surface area contributed by atoms with Crippen LogP contribution in [0.5, 0.6) is 0 Å². The van der Waals surface area contributed by atoms with E-state index in [2.05, 4.69) is 55.5 Å². The van der Waals surface area contributed by atoms with E-state index < -0.39 is 0 Å². The lowest BCUT2D eigenvalue weighted by Crippen LogP contribution is -2.31. The summed E-state index contributed by atoms with van der Waals surface area (Å²) in [7, 11) is 0. The van der Waals surface area contributed by atoms with Gasteiger partial charge >= 0.3 is 0 Å². The number of ketones is 2. The normalized spacial score (nSPS) is 16.5. The van der Waals surface area contributed by atoms with E-state index in [0.717, 1.165) is 59.1 Å². The maximum absolute atomic E-state index is 13.9. The summed E-state index contributed by atoms with van der Waals surface area (Å²) >= 11 is 7.21. The van der Waals surface area contributed by atoms with Crippen molar-refractivity contribution in [1.29, 1.82) is 0 Å². The van der Waals surface area contributed by atoms with Crippen molar-refractivity contribution in [3.63, 3.8) is 0 Å². The quantitative estimate of drug-likeness (QED) is 0.152. The first-order valence-corrected chi connectivity index (χ1v) is 16.0. The minimum Gasteiger partial charge on any atom is -0.336 e. The molecule has 0 aliphatic carbocycles. The number of unbranched alkanes of at least 4 members (excludes halogenated alkanes) is 10. The van der Waals surface area contributed by atoms with Gasteiger partial charge < -0.3 is 9.80 Å². The van der Waals surface area contributed by atoms with Crippen molar-refractivity contribution in [2.75, 3.05) is 22.9 Å². The fourth-order valence-electron chi connectivity index (χ4n) is 5.62. The molecule has 0 fully saturated rings. The SMILES string of the molecule is CCCCCCCCN1/C(=C2\C(=O)c3ccc(Br)cc3N2CCCCCCCC)C(=O)c2ccc(Br)cc21. The summed E-state index contributed by atoms with van der Waals surface area (Å²) in [5.41, 5.74) is 4.29. The van der Waals surface area contributed by atoms with E-state index in [-0.39, 0.29) is 11.6 Å². The molecule has 0 saturated heterocycles. The number of nitrogens with zero attached hydrogens (tertiary/aromatic N) is 2. The fraction of sp³-hybridized carbons (Fsp3) is 0.500. The number of rotatable bonds is 14. The fourth-order valence-corrected chi connectivity index (χ4v) is 6.32. The number of hydrogen-bond acceptors (Lipinski definition) is 4. The highest BCUT2D eigenvalue weighted by Gasteiger charge is 2.42. The number of allylic oxidation sites excluding steroid dienone is 2. The molecular weight excluding hydrogens is 604 g/mol. The highest BCUT2D eigenvalue weighted by atomic mass is 79.9. The van der Waals surface area contributed by atoms with E-state index in [1.165, 1.54) is 51.4 Å². The van der Waals surface area contributed by atoms with E-state index in [1.807, 2.05) is 36.4 Å². The van der Waals surface area contributed by atoms with Crippen LogP contribution in [0.3, 0.4) is 0 Å². The van der Waals surface area contributed by atoms with Crippen molar-refractivity contribution in [3.8, 4) is 0 Å². The van der Waals surface area contributed by atoms with E-state index in [0.29, 0.717) is 22.5 Å². The van der Waals surface area contributed by atoms with Gasteiger partial charge in [0.05, 0.1) is 11.4 Å². The number of halogens is 2. The Labute approximate surface area is 245 Å². The summed E-state index contributed by atoms with van der Waals surface area (Å²) in [6.07, 6.45) is 14.1. The Bertz CT molecular complexity index is 1100. The maximum Gasteiger partial charge on any atom is 0.213 e. The van der Waals surface area contributed by atoms with Gasteiger partial charge in [-0.15, -0.1) is 0 Å². The highest BCUT2D eigenvalue weighted by molar-refractivity contribution is 9.10. The molecule has 6 heteroatoms. The van der Waals surface area contributed by atoms with Gasteiger partial charge in [-0.2, -0.15) is 0 Å². The molecule has 2 aromatic carbocycles. The predicted molar refractivity (Wildman–Crippen MR) is 165 cm³/mol. The number of fused-ring (bicyclic) bond motifs is 2. The average Bonchev–Trinajstić information content (AvgIpc) is 3.32. The van der Waals surface area contributed by atoms with Crippen molar-refractivity contribution in [2.45, 2.75) is 90.9 Å². The van der Waals surface area contributed by atoms with Gasteiger partial charge in [0.15, 0.2) is 0 Å². The number of carbonyl (C=O) groups is 2. The molecule has 2 heterocycles. The third kappa shape index (κ3) is 6.44. The van der Waals surface area contributed by atoms with Crippen molar-refractivity contribution in [1.82, 2.24) is 0 Å². The molecule has 204 valence electrons. The first kappa shape index (κ1) is 29.1. The molecule has 0 unspecified atom stereocenters. The zero-order valence-corrected chi connectivity index (χ0v) is 26.0. The summed E-state index contributed by atoms with van der Waals surface area (Å²) < 4.78 is 1.88. The second-order valence-electron chi connectivity index (χ2n) is 10.5. The van der Waals surface area contributed by atoms with Crippen LogP contribution in [0, 0.1) is 0 Å². The maximum atomic E-state index is 13.9. The van der Waals surface area contributed by atoms with Gasteiger partial charge in [0.2, 0.25) is 11.6 Å². The Morgan fingerprint density at radius 1 is 0.553 bits per heavy atom. The summed E-state index contributed by atoms with van der Waals surface area (Å²) in [6.45, 7) is 5.93. The van der Waals surface area contributed by atoms with Gasteiger partial charge in [-0.05, 0) is 49.2 Å². The van der Waals surface area contributed by atoms with E-state index >= 15 is 0 Å². The second-order valence-corrected chi connectivity index (χ2v) is 12.3. The Hall–Kier alpha value is -1.92. The number of hydrogen-bond donors (Lipinski definition) is 0. The Morgan fingerprint density at radius 3 is 1.32 bits per heavy atom. The van der Waals surface area contributed by atoms with Crippen molar-refractivity contribution >= 4 is 54.8 Å². The van der Waals surface area contributed by atoms with E-state index in [4.69, 9.17) is 0 Å². The van der Waals surface area contributed by atoms with Gasteiger partial charge in [0.25, 0.3) is 0 Å². The van der Waals surface area contributed by atoms with Gasteiger partial charge in [0, 0.05) is 33.2 Å². The lowest BCUT2D eigenvalue weighted by atomic mass is 10.1. The number of carbonyl (C=O) groups excluding carboxylic acids is 2. The predicted octanol–water partition coefficient (Wildman–Crippen LogP) is 9.85. The van der Waals surface area contributed by atoms with Gasteiger partial charge in [-0.3, -0.25) is 9.59 Å². The van der Waals surface area contributed by atoms with Crippen LogP contribution in [0.15, 0.2) is 56.7 Å². The minimum atomic E-state index is -0.0401. The van der Waals surface area contributed by atoms with Gasteiger partial charge in [-0.25, -0.2) is 0 Å². The molecule has 0 saturated carbocycles. The van der Waals surface area contributed by atoms with Crippen molar-refractivity contribution in [3.05, 3.63) is 67.9 Å². The number of Topliss-reactive ketones (excluding diaryl/α,β-unsaturated/α-hetero) is 2. The Balaban J connectivity index is 1.68. The van der Waals surface area contributed by atoms with Gasteiger partial charge in [0.1, 0.15) is 11.4 Å². The molecule has 2 aromatic rings. The monoisotopic (exact) mass is 642 g/mol. The Morgan fingerprint density at radius 2 is 0.921 bits per heavy atom. The van der Waals surface area contributed by atoms with Crippen LogP contribution in [0.1, 0.15) is 112 Å². The first-order chi connectivity index (χ1) is 18.5. The summed E-state index contributed by atoms with van der Waals surface area (Å²) in [4.78, 5) is 32.1. The van der Waals surface area contributed by atoms with Crippen LogP contribution in [0.4, 0.5) is 11.4 Å². The summed E-state index contributed by atoms with van der Waals surface area (Å²) in [5, 5.41) is 0. The highest BCUT2D eigenvalue weighted by Crippen LogP contribution is 2.44. The number of anilines is 2. The molecule has 0 atom stereocenters. The standard InChI is InChI=1S/C32H40Br2N2O2/c1-3-5-7-9-11-13-19-35-27-21-23(33)15-17-25(27)31(37)29(35)30-32(38)26-18-16-24(34)22-28(26)36(30)20-14-12-10-8-6-4-2/h15-18,21-22H,3-14,19-20H2,1-2H3/b30-29+. The zero-order valence-electron chi connectivity index (χ0n) is 22.8. The van der Waals surface area contributed by atoms with Crippen LogP contribution in [0.2, 0.25) is 0 Å². The van der Waals surface area contributed by atoms with E-state index in [1.54, 1.807) is 0 Å². The number of benzene rings is 2. The molecule has 0 bridgehead atoms. The van der Waals surface area contributed by atoms with Crippen LogP contribution in [0.25, 0.3) is 0 Å². The van der Waals surface area contributed by atoms with E-state index in [9.17, 15) is 9.59 Å². The molecule has 4 nitrogen and oxygen atoms in total. The lowest BCUT2D eigenvalue weighted by molar-refractivity contribution is 0.100. The zero-order chi connectivity index (χ0) is 27.1. The summed E-state index contributed by atoms with van der Waals surface area (Å²) in [6, 6.07) is 11.7. The van der Waals surface area contributed by atoms with Crippen LogP contribution in [-0.2, 0) is 0 Å². The van der Waals surface area contributed by atoms with Gasteiger partial charge in [-0.1, -0.05) is 110 Å². The molecule has 0 N–H and O–H groups in total. The smallest absolute Gasteiger partial charge is 0.213 e. The first-order valence-electron chi connectivity index (χ1n) is 14.5. The molecule has 0 spiro atoms. The topological polar surface area (TPSA) is 40.6 Å². The molecule has 2 aliphatic rings. The van der Waals surface area contributed by atoms with Crippen LogP contribution in [-0.4, -0.2) is 24.7 Å². The Kier molecular flexibility index (Phi) is 10.7. The molecule has 0 amide bonds. The molecule has 0 aromatic heterocycles. The molecule has 0 radical (unpaired) electrons. The lowest BCUT2D eigenvalue weighted by Gasteiger charge is -2.27. The molecule has 2 aliphatic heterocycles. The van der Waals surface area contributed by atoms with Crippen LogP contribution >= 0.6 is 31.9 Å².